The minimum Gasteiger partial charge on any atom is -0.493 e. The summed E-state index contributed by atoms with van der Waals surface area (Å²) >= 11 is 0. The molecule has 1 N–H and O–H groups in total. The average Bonchev–Trinajstić information content (AvgIpc) is 2.60. The van der Waals surface area contributed by atoms with E-state index in [0.717, 1.165) is 30.6 Å². The summed E-state index contributed by atoms with van der Waals surface area (Å²) in [6.45, 7) is 7.03. The van der Waals surface area contributed by atoms with E-state index in [1.54, 1.807) is 6.08 Å². The number of benzene rings is 1. The fraction of sp³-hybridized carbons (Fsp3) is 0.524. The van der Waals surface area contributed by atoms with Crippen LogP contribution in [0.2, 0.25) is 0 Å². The third-order valence-corrected chi connectivity index (χ3v) is 4.57. The van der Waals surface area contributed by atoms with Crippen molar-refractivity contribution in [2.75, 3.05) is 6.61 Å². The van der Waals surface area contributed by atoms with Crippen molar-refractivity contribution in [3.63, 3.8) is 0 Å². The number of carbonyl (C=O) groups is 1. The molecule has 0 spiro atoms. The van der Waals surface area contributed by atoms with Crippen LogP contribution in [0, 0.1) is 23.2 Å². The predicted octanol–water partition coefficient (Wildman–Crippen LogP) is 4.32. The molecule has 4 nitrogen and oxygen atoms in total. The summed E-state index contributed by atoms with van der Waals surface area (Å²) in [6.07, 6.45) is 6.12. The van der Waals surface area contributed by atoms with Gasteiger partial charge in [0.2, 0.25) is 0 Å². The van der Waals surface area contributed by atoms with E-state index in [2.05, 4.69) is 26.1 Å². The quantitative estimate of drug-likeness (QED) is 0.619. The first kappa shape index (κ1) is 19.1. The molecule has 134 valence electrons. The Balaban J connectivity index is 2.01. The van der Waals surface area contributed by atoms with Crippen molar-refractivity contribution in [1.82, 2.24) is 5.32 Å². The number of carbonyl (C=O) groups excluding carboxylic acids is 1. The molecule has 0 aromatic heterocycles. The van der Waals surface area contributed by atoms with Crippen LogP contribution in [-0.2, 0) is 4.79 Å². The Morgan fingerprint density at radius 2 is 2.00 bits per heavy atom. The second-order valence-electron chi connectivity index (χ2n) is 7.29. The summed E-state index contributed by atoms with van der Waals surface area (Å²) in [5.41, 5.74) is 0.967. The highest BCUT2D eigenvalue weighted by molar-refractivity contribution is 6.01. The van der Waals surface area contributed by atoms with Gasteiger partial charge in [-0.1, -0.05) is 45.7 Å². The van der Waals surface area contributed by atoms with Crippen LogP contribution in [0.1, 0.15) is 52.0 Å². The summed E-state index contributed by atoms with van der Waals surface area (Å²) < 4.78 is 5.65. The molecule has 0 aliphatic heterocycles. The number of amides is 1. The van der Waals surface area contributed by atoms with Crippen molar-refractivity contribution in [3.8, 4) is 11.8 Å². The molecule has 2 rings (SSSR count). The molecule has 2 atom stereocenters. The van der Waals surface area contributed by atoms with Gasteiger partial charge in [-0.15, -0.1) is 0 Å². The largest absolute Gasteiger partial charge is 0.493 e. The summed E-state index contributed by atoms with van der Waals surface area (Å²) in [5.74, 6) is 1.46. The zero-order chi connectivity index (χ0) is 18.2. The van der Waals surface area contributed by atoms with Crippen LogP contribution in [0.25, 0.3) is 6.08 Å². The molecular formula is C21H28N2O2. The SMILES string of the molecule is CC(C)COc1ccc(/C=C(\C#N)C(=O)N[C@@H]2CCCC[C@@H]2C)cc1. The molecule has 0 unspecified atom stereocenters. The Bertz CT molecular complexity index is 641. The molecule has 1 aromatic carbocycles. The lowest BCUT2D eigenvalue weighted by Gasteiger charge is -2.29. The molecule has 0 radical (unpaired) electrons. The van der Waals surface area contributed by atoms with Gasteiger partial charge in [-0.25, -0.2) is 0 Å². The second-order valence-corrected chi connectivity index (χ2v) is 7.29. The van der Waals surface area contributed by atoms with Crippen LogP contribution >= 0.6 is 0 Å². The summed E-state index contributed by atoms with van der Waals surface area (Å²) in [7, 11) is 0. The minimum absolute atomic E-state index is 0.147. The van der Waals surface area contributed by atoms with Crippen LogP contribution in [0.4, 0.5) is 0 Å². The van der Waals surface area contributed by atoms with Gasteiger partial charge in [0.25, 0.3) is 5.91 Å². The summed E-state index contributed by atoms with van der Waals surface area (Å²) in [4.78, 5) is 12.4. The van der Waals surface area contributed by atoms with Crippen molar-refractivity contribution in [1.29, 1.82) is 5.26 Å². The molecule has 0 bridgehead atoms. The first-order chi connectivity index (χ1) is 12.0. The molecule has 25 heavy (non-hydrogen) atoms. The minimum atomic E-state index is -0.276. The maximum Gasteiger partial charge on any atom is 0.262 e. The Morgan fingerprint density at radius 3 is 2.60 bits per heavy atom. The first-order valence-corrected chi connectivity index (χ1v) is 9.15. The third kappa shape index (κ3) is 5.94. The van der Waals surface area contributed by atoms with E-state index in [1.807, 2.05) is 30.3 Å². The smallest absolute Gasteiger partial charge is 0.262 e. The fourth-order valence-corrected chi connectivity index (χ4v) is 3.02. The van der Waals surface area contributed by atoms with Gasteiger partial charge < -0.3 is 10.1 Å². The maximum absolute atomic E-state index is 12.4. The summed E-state index contributed by atoms with van der Waals surface area (Å²) in [6, 6.07) is 9.66. The van der Waals surface area contributed by atoms with E-state index in [-0.39, 0.29) is 17.5 Å². The zero-order valence-corrected chi connectivity index (χ0v) is 15.4. The number of ether oxygens (including phenoxy) is 1. The maximum atomic E-state index is 12.4. The molecule has 1 saturated carbocycles. The third-order valence-electron chi connectivity index (χ3n) is 4.57. The Morgan fingerprint density at radius 1 is 1.32 bits per heavy atom. The molecular weight excluding hydrogens is 312 g/mol. The molecule has 1 aliphatic carbocycles. The zero-order valence-electron chi connectivity index (χ0n) is 15.4. The Kier molecular flexibility index (Phi) is 7.06. The first-order valence-electron chi connectivity index (χ1n) is 9.15. The summed E-state index contributed by atoms with van der Waals surface area (Å²) in [5, 5.41) is 12.4. The lowest BCUT2D eigenvalue weighted by molar-refractivity contribution is -0.118. The van der Waals surface area contributed by atoms with Gasteiger partial charge in [0.1, 0.15) is 17.4 Å². The monoisotopic (exact) mass is 340 g/mol. The highest BCUT2D eigenvalue weighted by Crippen LogP contribution is 2.24. The van der Waals surface area contributed by atoms with Crippen molar-refractivity contribution in [2.24, 2.45) is 11.8 Å². The number of hydrogen-bond acceptors (Lipinski definition) is 3. The standard InChI is InChI=1S/C21H28N2O2/c1-15(2)14-25-19-10-8-17(9-11-19)12-18(13-22)21(24)23-20-7-5-4-6-16(20)3/h8-12,15-16,20H,4-7,14H2,1-3H3,(H,23,24)/b18-12+/t16-,20+/m0/s1. The van der Waals surface area contributed by atoms with Gasteiger partial charge in [0.15, 0.2) is 0 Å². The van der Waals surface area contributed by atoms with Crippen LogP contribution in [0.15, 0.2) is 29.8 Å². The van der Waals surface area contributed by atoms with Gasteiger partial charge in [0, 0.05) is 6.04 Å². The highest BCUT2D eigenvalue weighted by atomic mass is 16.5. The van der Waals surface area contributed by atoms with Crippen LogP contribution < -0.4 is 10.1 Å². The van der Waals surface area contributed by atoms with E-state index >= 15 is 0 Å². The van der Waals surface area contributed by atoms with Crippen LogP contribution in [-0.4, -0.2) is 18.6 Å². The molecule has 1 fully saturated rings. The molecule has 1 amide bonds. The van der Waals surface area contributed by atoms with Crippen LogP contribution in [0.5, 0.6) is 5.75 Å². The topological polar surface area (TPSA) is 62.1 Å². The van der Waals surface area contributed by atoms with E-state index in [4.69, 9.17) is 4.74 Å². The molecule has 1 aliphatic rings. The molecule has 0 saturated heterocycles. The number of hydrogen-bond donors (Lipinski definition) is 1. The van der Waals surface area contributed by atoms with Crippen molar-refractivity contribution in [3.05, 3.63) is 35.4 Å². The highest BCUT2D eigenvalue weighted by Gasteiger charge is 2.23. The van der Waals surface area contributed by atoms with Gasteiger partial charge in [0.05, 0.1) is 6.61 Å². The van der Waals surface area contributed by atoms with Crippen molar-refractivity contribution < 1.29 is 9.53 Å². The van der Waals surface area contributed by atoms with E-state index in [9.17, 15) is 10.1 Å². The number of rotatable bonds is 6. The normalized spacial score (nSPS) is 20.8. The van der Waals surface area contributed by atoms with Gasteiger partial charge in [-0.3, -0.25) is 4.79 Å². The molecule has 0 heterocycles. The van der Waals surface area contributed by atoms with Gasteiger partial charge in [-0.2, -0.15) is 5.26 Å². The average molecular weight is 340 g/mol. The van der Waals surface area contributed by atoms with E-state index < -0.39 is 0 Å². The molecule has 1 aromatic rings. The van der Waals surface area contributed by atoms with Gasteiger partial charge >= 0.3 is 0 Å². The lowest BCUT2D eigenvalue weighted by atomic mass is 9.86. The number of nitrogens with zero attached hydrogens (tertiary/aromatic N) is 1. The predicted molar refractivity (Wildman–Crippen MR) is 99.9 cm³/mol. The van der Waals surface area contributed by atoms with E-state index in [1.165, 1.54) is 6.42 Å². The lowest BCUT2D eigenvalue weighted by Crippen LogP contribution is -2.41. The van der Waals surface area contributed by atoms with E-state index in [0.29, 0.717) is 18.4 Å². The number of nitrogens with one attached hydrogen (secondary N) is 1. The van der Waals surface area contributed by atoms with Crippen molar-refractivity contribution >= 4 is 12.0 Å². The number of nitriles is 1. The van der Waals surface area contributed by atoms with Crippen molar-refractivity contribution in [2.45, 2.75) is 52.5 Å². The Labute approximate surface area is 150 Å². The fourth-order valence-electron chi connectivity index (χ4n) is 3.02. The molecule has 4 heteroatoms. The van der Waals surface area contributed by atoms with Crippen LogP contribution in [0.3, 0.4) is 0 Å². The van der Waals surface area contributed by atoms with Gasteiger partial charge in [-0.05, 0) is 48.4 Å². The second kappa shape index (κ2) is 9.27. The Hall–Kier alpha value is -2.28.